The first-order valence-corrected chi connectivity index (χ1v) is 9.98. The quantitative estimate of drug-likeness (QED) is 0.546. The van der Waals surface area contributed by atoms with Gasteiger partial charge in [-0.05, 0) is 48.6 Å². The number of nitrogens with zero attached hydrogens (tertiary/aromatic N) is 2. The van der Waals surface area contributed by atoms with E-state index in [1.54, 1.807) is 23.2 Å². The number of fused-ring (bicyclic) bond motifs is 1. The number of nitrogens with one attached hydrogen (secondary N) is 2. The van der Waals surface area contributed by atoms with E-state index in [-0.39, 0.29) is 23.4 Å². The van der Waals surface area contributed by atoms with Crippen molar-refractivity contribution in [3.05, 3.63) is 70.3 Å². The number of hydrogen-bond acceptors (Lipinski definition) is 4. The van der Waals surface area contributed by atoms with Crippen LogP contribution in [0.4, 0.5) is 4.79 Å². The number of carbonyl (C=O) groups is 2. The monoisotopic (exact) mass is 424 g/mol. The van der Waals surface area contributed by atoms with Gasteiger partial charge in [-0.1, -0.05) is 18.2 Å². The number of amides is 2. The van der Waals surface area contributed by atoms with E-state index >= 15 is 0 Å². The fraction of sp³-hybridized carbons (Fsp3) is 0.273. The minimum Gasteiger partial charge on any atom is -0.328 e. The lowest BCUT2D eigenvalue weighted by molar-refractivity contribution is -0.113. The number of halogens is 1. The highest BCUT2D eigenvalue weighted by Gasteiger charge is 2.25. The average molecular weight is 425 g/mol. The first kappa shape index (κ1) is 21.3. The van der Waals surface area contributed by atoms with E-state index in [0.29, 0.717) is 30.5 Å². The number of urea groups is 1. The number of aromatic amines is 1. The topological polar surface area (TPSA) is 106 Å². The van der Waals surface area contributed by atoms with Gasteiger partial charge in [0.15, 0.2) is 5.78 Å². The number of alkyl halides is 1. The third-order valence-corrected chi connectivity index (χ3v) is 5.32. The number of unbranched alkanes of at least 4 members (excludes halogenated alkanes) is 1. The molecule has 154 valence electrons. The van der Waals surface area contributed by atoms with Crippen molar-refractivity contribution in [1.82, 2.24) is 15.2 Å². The van der Waals surface area contributed by atoms with Crippen LogP contribution in [0.1, 0.15) is 31.4 Å². The highest BCUT2D eigenvalue weighted by atomic mass is 35.5. The molecule has 0 saturated heterocycles. The first-order valence-electron chi connectivity index (χ1n) is 9.55. The van der Waals surface area contributed by atoms with Gasteiger partial charge < -0.3 is 15.2 Å². The number of ketones is 1. The number of nitriles is 1. The summed E-state index contributed by atoms with van der Waals surface area (Å²) >= 11 is 5.95. The lowest BCUT2D eigenvalue weighted by atomic mass is 10.0. The number of allylic oxidation sites excluding steroid dienone is 3. The molecule has 2 unspecified atom stereocenters. The van der Waals surface area contributed by atoms with Crippen molar-refractivity contribution in [2.75, 3.05) is 6.54 Å². The molecule has 1 aromatic carbocycles. The molecule has 0 fully saturated rings. The molecule has 30 heavy (non-hydrogen) atoms. The minimum atomic E-state index is -0.821. The Kier molecular flexibility index (Phi) is 6.70. The zero-order valence-electron chi connectivity index (χ0n) is 16.4. The predicted molar refractivity (Wildman–Crippen MR) is 115 cm³/mol. The maximum absolute atomic E-state index is 13.1. The van der Waals surface area contributed by atoms with Crippen LogP contribution in [0.3, 0.4) is 0 Å². The fourth-order valence-electron chi connectivity index (χ4n) is 3.38. The molecular weight excluding hydrogens is 404 g/mol. The van der Waals surface area contributed by atoms with Crippen LogP contribution in [0.2, 0.25) is 0 Å². The summed E-state index contributed by atoms with van der Waals surface area (Å²) < 4.78 is 0. The summed E-state index contributed by atoms with van der Waals surface area (Å²) in [5.41, 5.74) is 1.02. The largest absolute Gasteiger partial charge is 0.328 e. The molecule has 2 amide bonds. The molecule has 3 rings (SSSR count). The second kappa shape index (κ2) is 9.42. The van der Waals surface area contributed by atoms with Gasteiger partial charge in [-0.25, -0.2) is 4.79 Å². The lowest BCUT2D eigenvalue weighted by Gasteiger charge is -2.30. The predicted octanol–water partition coefficient (Wildman–Crippen LogP) is 3.53. The standard InChI is InChI=1S/C22H21ClN4O3/c1-14(18-13-25-21(29)17-7-3-2-6-16(17)18)27(11-5-4-10-24)22(30)26-15-8-9-20(28)19(23)12-15/h2-3,6-9,12-14,19H,4-5,11H2,1H3,(H,25,29)(H,26,30). The normalized spacial score (nSPS) is 16.6. The Morgan fingerprint density at radius 1 is 1.30 bits per heavy atom. The number of aromatic nitrogens is 1. The van der Waals surface area contributed by atoms with Gasteiger partial charge in [0, 0.05) is 30.2 Å². The smallest absolute Gasteiger partial charge is 0.322 e. The van der Waals surface area contributed by atoms with Crippen LogP contribution < -0.4 is 10.9 Å². The fourth-order valence-corrected chi connectivity index (χ4v) is 3.59. The first-order chi connectivity index (χ1) is 14.4. The summed E-state index contributed by atoms with van der Waals surface area (Å²) in [6.07, 6.45) is 6.74. The van der Waals surface area contributed by atoms with E-state index in [4.69, 9.17) is 16.9 Å². The molecule has 2 aromatic rings. The summed E-state index contributed by atoms with van der Waals surface area (Å²) in [4.78, 5) is 41.1. The lowest BCUT2D eigenvalue weighted by Crippen LogP contribution is -2.42. The molecule has 0 bridgehead atoms. The molecule has 2 atom stereocenters. The Morgan fingerprint density at radius 3 is 2.73 bits per heavy atom. The Labute approximate surface area is 178 Å². The van der Waals surface area contributed by atoms with Crippen molar-refractivity contribution < 1.29 is 9.59 Å². The van der Waals surface area contributed by atoms with Crippen molar-refractivity contribution in [2.45, 2.75) is 31.2 Å². The van der Waals surface area contributed by atoms with Gasteiger partial charge >= 0.3 is 6.03 Å². The molecule has 1 heterocycles. The van der Waals surface area contributed by atoms with Crippen LogP contribution in [0.15, 0.2) is 59.2 Å². The van der Waals surface area contributed by atoms with Gasteiger partial charge in [-0.15, -0.1) is 11.6 Å². The van der Waals surface area contributed by atoms with E-state index < -0.39 is 5.38 Å². The zero-order chi connectivity index (χ0) is 21.7. The van der Waals surface area contributed by atoms with Gasteiger partial charge in [0.05, 0.1) is 12.1 Å². The molecule has 8 heteroatoms. The maximum atomic E-state index is 13.1. The SMILES string of the molecule is CC(c1c[nH]c(=O)c2ccccc12)N(CCCC#N)C(=O)NC1=CC(Cl)C(=O)C=C1. The minimum absolute atomic E-state index is 0.197. The maximum Gasteiger partial charge on any atom is 0.322 e. The van der Waals surface area contributed by atoms with E-state index in [2.05, 4.69) is 16.4 Å². The third-order valence-electron chi connectivity index (χ3n) is 4.98. The summed E-state index contributed by atoms with van der Waals surface area (Å²) in [5, 5.41) is 12.1. The number of rotatable bonds is 6. The number of benzene rings is 1. The summed E-state index contributed by atoms with van der Waals surface area (Å²) in [7, 11) is 0. The molecule has 0 spiro atoms. The second-order valence-electron chi connectivity index (χ2n) is 6.94. The van der Waals surface area contributed by atoms with Crippen molar-refractivity contribution in [3.8, 4) is 6.07 Å². The molecule has 0 radical (unpaired) electrons. The third kappa shape index (κ3) is 4.61. The molecule has 0 saturated carbocycles. The van der Waals surface area contributed by atoms with Gasteiger partial charge in [-0.3, -0.25) is 9.59 Å². The van der Waals surface area contributed by atoms with Crippen LogP contribution in [0, 0.1) is 11.3 Å². The van der Waals surface area contributed by atoms with Gasteiger partial charge in [-0.2, -0.15) is 5.26 Å². The van der Waals surface area contributed by atoms with E-state index in [1.807, 2.05) is 19.1 Å². The average Bonchev–Trinajstić information content (AvgIpc) is 2.74. The Balaban J connectivity index is 1.91. The van der Waals surface area contributed by atoms with Crippen LogP contribution >= 0.6 is 11.6 Å². The number of carbonyl (C=O) groups excluding carboxylic acids is 2. The van der Waals surface area contributed by atoms with Crippen LogP contribution in [0.25, 0.3) is 10.8 Å². The van der Waals surface area contributed by atoms with Gasteiger partial charge in [0.25, 0.3) is 5.56 Å². The van der Waals surface area contributed by atoms with E-state index in [1.165, 1.54) is 18.2 Å². The Bertz CT molecular complexity index is 1130. The van der Waals surface area contributed by atoms with Crippen molar-refractivity contribution in [1.29, 1.82) is 5.26 Å². The summed E-state index contributed by atoms with van der Waals surface area (Å²) in [6, 6.07) is 8.53. The second-order valence-corrected chi connectivity index (χ2v) is 7.41. The van der Waals surface area contributed by atoms with Gasteiger partial charge in [0.2, 0.25) is 0 Å². The molecule has 2 N–H and O–H groups in total. The zero-order valence-corrected chi connectivity index (χ0v) is 17.1. The molecule has 0 aliphatic heterocycles. The van der Waals surface area contributed by atoms with Crippen molar-refractivity contribution >= 4 is 34.2 Å². The molecule has 1 aliphatic carbocycles. The van der Waals surface area contributed by atoms with Gasteiger partial charge in [0.1, 0.15) is 5.38 Å². The molecule has 1 aromatic heterocycles. The van der Waals surface area contributed by atoms with E-state index in [0.717, 1.165) is 10.9 Å². The Morgan fingerprint density at radius 2 is 2.03 bits per heavy atom. The van der Waals surface area contributed by atoms with Crippen LogP contribution in [0.5, 0.6) is 0 Å². The molecule has 7 nitrogen and oxygen atoms in total. The van der Waals surface area contributed by atoms with Crippen molar-refractivity contribution in [3.63, 3.8) is 0 Å². The number of pyridine rings is 1. The number of hydrogen-bond donors (Lipinski definition) is 2. The molecular formula is C22H21ClN4O3. The summed E-state index contributed by atoms with van der Waals surface area (Å²) in [5.74, 6) is -0.242. The summed E-state index contributed by atoms with van der Waals surface area (Å²) in [6.45, 7) is 2.21. The van der Waals surface area contributed by atoms with Crippen molar-refractivity contribution in [2.24, 2.45) is 0 Å². The highest BCUT2D eigenvalue weighted by molar-refractivity contribution is 6.34. The Hall–Kier alpha value is -3.37. The van der Waals surface area contributed by atoms with Crippen LogP contribution in [-0.2, 0) is 4.79 Å². The number of H-pyrrole nitrogens is 1. The molecule has 1 aliphatic rings. The highest BCUT2D eigenvalue weighted by Crippen LogP contribution is 2.26. The van der Waals surface area contributed by atoms with E-state index in [9.17, 15) is 14.4 Å². The van der Waals surface area contributed by atoms with Crippen LogP contribution in [-0.4, -0.2) is 33.6 Å².